The molecule has 1 amide bonds. The monoisotopic (exact) mass is 507 g/mol. The molecule has 0 aliphatic carbocycles. The number of aliphatic imine (C=N–C) groups is 1. The Labute approximate surface area is 222 Å². The van der Waals surface area contributed by atoms with E-state index in [1.165, 1.54) is 4.90 Å². The van der Waals surface area contributed by atoms with Gasteiger partial charge in [-0.1, -0.05) is 61.2 Å². The van der Waals surface area contributed by atoms with Gasteiger partial charge in [-0.25, -0.2) is 9.79 Å². The van der Waals surface area contributed by atoms with E-state index in [9.17, 15) is 9.59 Å². The Morgan fingerprint density at radius 3 is 2.11 bits per heavy atom. The zero-order chi connectivity index (χ0) is 26.9. The molecule has 1 saturated heterocycles. The second kappa shape index (κ2) is 12.4. The van der Waals surface area contributed by atoms with E-state index in [1.54, 1.807) is 19.1 Å². The fourth-order valence-electron chi connectivity index (χ4n) is 3.79. The molecule has 0 bridgehead atoms. The van der Waals surface area contributed by atoms with E-state index >= 15 is 0 Å². The number of rotatable bonds is 10. The van der Waals surface area contributed by atoms with Gasteiger partial charge < -0.3 is 14.4 Å². The summed E-state index contributed by atoms with van der Waals surface area (Å²) in [5.74, 6) is -0.744. The molecule has 4 rings (SSSR count). The molecule has 0 saturated carbocycles. The van der Waals surface area contributed by atoms with Crippen molar-refractivity contribution in [3.05, 3.63) is 121 Å². The van der Waals surface area contributed by atoms with Crippen molar-refractivity contribution >= 4 is 41.0 Å². The number of carbonyl (C=O) groups is 2. The number of benzene rings is 3. The van der Waals surface area contributed by atoms with E-state index in [4.69, 9.17) is 9.47 Å². The normalized spacial score (nSPS) is 14.9. The first kappa shape index (κ1) is 26.2. The van der Waals surface area contributed by atoms with E-state index < -0.39 is 5.97 Å². The van der Waals surface area contributed by atoms with Gasteiger partial charge in [0.25, 0.3) is 5.91 Å². The Morgan fingerprint density at radius 1 is 0.974 bits per heavy atom. The Kier molecular flexibility index (Phi) is 8.51. The van der Waals surface area contributed by atoms with Crippen LogP contribution < -0.4 is 4.90 Å². The van der Waals surface area contributed by atoms with Crippen molar-refractivity contribution in [1.29, 1.82) is 0 Å². The van der Waals surface area contributed by atoms with Gasteiger partial charge in [-0.2, -0.15) is 0 Å². The number of carbonyl (C=O) groups excluding carboxylic acids is 2. The lowest BCUT2D eigenvalue weighted by Gasteiger charge is -2.25. The Hall–Kier alpha value is -4.91. The fourth-order valence-corrected chi connectivity index (χ4v) is 3.79. The van der Waals surface area contributed by atoms with Crippen LogP contribution in [0.25, 0.3) is 6.08 Å². The van der Waals surface area contributed by atoms with Crippen molar-refractivity contribution in [3.8, 4) is 0 Å². The molecule has 1 aliphatic heterocycles. The number of para-hydroxylation sites is 2. The number of amides is 1. The molecule has 3 aromatic carbocycles. The van der Waals surface area contributed by atoms with Gasteiger partial charge in [0.1, 0.15) is 6.61 Å². The molecule has 1 aliphatic rings. The molecule has 0 atom stereocenters. The lowest BCUT2D eigenvalue weighted by atomic mass is 10.1. The van der Waals surface area contributed by atoms with Crippen LogP contribution in [-0.2, 0) is 19.1 Å². The third-order valence-corrected chi connectivity index (χ3v) is 5.62. The topological polar surface area (TPSA) is 71.4 Å². The molecular weight excluding hydrogens is 478 g/mol. The molecule has 0 N–H and O–H groups in total. The first-order valence-electron chi connectivity index (χ1n) is 12.2. The number of nitrogens with zero attached hydrogens (tertiary/aromatic N) is 3. The molecule has 0 spiro atoms. The quantitative estimate of drug-likeness (QED) is 0.191. The summed E-state index contributed by atoms with van der Waals surface area (Å²) in [6, 6.07) is 28.2. The van der Waals surface area contributed by atoms with Crippen LogP contribution in [0.4, 0.5) is 17.1 Å². The summed E-state index contributed by atoms with van der Waals surface area (Å²) in [6.07, 6.45) is 3.27. The van der Waals surface area contributed by atoms with Gasteiger partial charge in [-0.3, -0.25) is 9.69 Å². The highest BCUT2D eigenvalue weighted by Crippen LogP contribution is 2.34. The second-order valence-corrected chi connectivity index (χ2v) is 8.49. The SMILES string of the molecule is C=CC/N=C1/O/C(=C/c2ccc(N(c3ccccc3)c3ccccc3)cc2)C(=O)N1CCOC(=O)C(=C)C. The summed E-state index contributed by atoms with van der Waals surface area (Å²) in [6.45, 7) is 9.16. The lowest BCUT2D eigenvalue weighted by molar-refractivity contribution is -0.140. The highest BCUT2D eigenvalue weighted by atomic mass is 16.5. The first-order chi connectivity index (χ1) is 18.5. The van der Waals surface area contributed by atoms with Crippen molar-refractivity contribution in [1.82, 2.24) is 4.90 Å². The zero-order valence-electron chi connectivity index (χ0n) is 21.2. The van der Waals surface area contributed by atoms with Gasteiger partial charge in [-0.15, -0.1) is 6.58 Å². The Bertz CT molecular complexity index is 1320. The van der Waals surface area contributed by atoms with E-state index in [0.717, 1.165) is 22.6 Å². The third-order valence-electron chi connectivity index (χ3n) is 5.62. The second-order valence-electron chi connectivity index (χ2n) is 8.49. The smallest absolute Gasteiger partial charge is 0.333 e. The maximum atomic E-state index is 13.1. The standard InChI is InChI=1S/C31H29N3O4/c1-4-19-32-31-33(20-21-37-30(36)23(2)3)29(35)28(38-31)22-24-15-17-27(18-16-24)34(25-11-7-5-8-12-25)26-13-9-6-10-14-26/h4-18,22H,1-2,19-21H2,3H3/b28-22+,32-31+. The van der Waals surface area contributed by atoms with Crippen molar-refractivity contribution in [2.24, 2.45) is 4.99 Å². The number of hydrogen-bond donors (Lipinski definition) is 0. The number of ether oxygens (including phenoxy) is 2. The minimum Gasteiger partial charge on any atom is -0.460 e. The summed E-state index contributed by atoms with van der Waals surface area (Å²) in [5.41, 5.74) is 4.11. The van der Waals surface area contributed by atoms with Crippen LogP contribution in [0.5, 0.6) is 0 Å². The van der Waals surface area contributed by atoms with Crippen molar-refractivity contribution in [2.75, 3.05) is 24.6 Å². The largest absolute Gasteiger partial charge is 0.460 e. The van der Waals surface area contributed by atoms with E-state index in [1.807, 2.05) is 60.7 Å². The van der Waals surface area contributed by atoms with Gasteiger partial charge in [0.15, 0.2) is 5.76 Å². The molecule has 7 nitrogen and oxygen atoms in total. The van der Waals surface area contributed by atoms with Gasteiger partial charge >= 0.3 is 12.0 Å². The summed E-state index contributed by atoms with van der Waals surface area (Å²) < 4.78 is 10.9. The number of anilines is 3. The number of hydrogen-bond acceptors (Lipinski definition) is 6. The van der Waals surface area contributed by atoms with Crippen LogP contribution >= 0.6 is 0 Å². The van der Waals surface area contributed by atoms with Crippen molar-refractivity contribution < 1.29 is 19.1 Å². The fraction of sp³-hybridized carbons (Fsp3) is 0.129. The van der Waals surface area contributed by atoms with Crippen LogP contribution in [0.15, 0.2) is 120 Å². The van der Waals surface area contributed by atoms with E-state index in [0.29, 0.717) is 0 Å². The van der Waals surface area contributed by atoms with Gasteiger partial charge in [0.05, 0.1) is 13.1 Å². The molecule has 7 heteroatoms. The zero-order valence-corrected chi connectivity index (χ0v) is 21.2. The Morgan fingerprint density at radius 2 is 1.55 bits per heavy atom. The Balaban J connectivity index is 1.56. The van der Waals surface area contributed by atoms with E-state index in [2.05, 4.69) is 47.3 Å². The molecule has 0 aromatic heterocycles. The third kappa shape index (κ3) is 6.25. The minimum absolute atomic E-state index is 0.00924. The average molecular weight is 508 g/mol. The van der Waals surface area contributed by atoms with Crippen LogP contribution in [0.2, 0.25) is 0 Å². The van der Waals surface area contributed by atoms with Crippen molar-refractivity contribution in [3.63, 3.8) is 0 Å². The van der Waals surface area contributed by atoms with Crippen LogP contribution in [0.3, 0.4) is 0 Å². The highest BCUT2D eigenvalue weighted by Gasteiger charge is 2.34. The number of amidine groups is 1. The molecule has 1 fully saturated rings. The first-order valence-corrected chi connectivity index (χ1v) is 12.2. The van der Waals surface area contributed by atoms with Crippen LogP contribution in [0.1, 0.15) is 12.5 Å². The lowest BCUT2D eigenvalue weighted by Crippen LogP contribution is -2.33. The molecule has 38 heavy (non-hydrogen) atoms. The molecule has 0 unspecified atom stereocenters. The maximum Gasteiger partial charge on any atom is 0.333 e. The van der Waals surface area contributed by atoms with Crippen LogP contribution in [-0.4, -0.2) is 42.5 Å². The summed E-state index contributed by atoms with van der Waals surface area (Å²) in [4.78, 5) is 32.6. The summed E-state index contributed by atoms with van der Waals surface area (Å²) in [7, 11) is 0. The predicted molar refractivity (Wildman–Crippen MR) is 150 cm³/mol. The number of esters is 1. The molecule has 192 valence electrons. The minimum atomic E-state index is -0.516. The summed E-state index contributed by atoms with van der Waals surface area (Å²) in [5, 5.41) is 0. The van der Waals surface area contributed by atoms with Crippen molar-refractivity contribution in [2.45, 2.75) is 6.92 Å². The highest BCUT2D eigenvalue weighted by molar-refractivity contribution is 6.11. The average Bonchev–Trinajstić information content (AvgIpc) is 3.23. The summed E-state index contributed by atoms with van der Waals surface area (Å²) >= 11 is 0. The molecular formula is C31H29N3O4. The molecule has 1 heterocycles. The van der Waals surface area contributed by atoms with Gasteiger partial charge in [-0.05, 0) is 55.0 Å². The molecule has 0 radical (unpaired) electrons. The molecule has 3 aromatic rings. The maximum absolute atomic E-state index is 13.1. The van der Waals surface area contributed by atoms with Crippen LogP contribution in [0, 0.1) is 0 Å². The van der Waals surface area contributed by atoms with Gasteiger partial charge in [0, 0.05) is 22.6 Å². The van der Waals surface area contributed by atoms with E-state index in [-0.39, 0.29) is 43.0 Å². The predicted octanol–water partition coefficient (Wildman–Crippen LogP) is 6.02. The van der Waals surface area contributed by atoms with Gasteiger partial charge in [0.2, 0.25) is 0 Å².